The van der Waals surface area contributed by atoms with E-state index in [1.54, 1.807) is 24.3 Å². The van der Waals surface area contributed by atoms with Crippen molar-refractivity contribution in [2.24, 2.45) is 20.8 Å². The summed E-state index contributed by atoms with van der Waals surface area (Å²) in [6.45, 7) is 13.6. The molecule has 36 heavy (non-hydrogen) atoms. The van der Waals surface area contributed by atoms with Gasteiger partial charge < -0.3 is 20.1 Å². The molecule has 2 aliphatic rings. The van der Waals surface area contributed by atoms with Crippen LogP contribution >= 0.6 is 0 Å². The van der Waals surface area contributed by atoms with E-state index in [0.29, 0.717) is 47.5 Å². The highest BCUT2D eigenvalue weighted by Gasteiger charge is 2.33. The first-order valence-corrected chi connectivity index (χ1v) is 12.2. The lowest BCUT2D eigenvalue weighted by atomic mass is 9.88. The molecule has 190 valence electrons. The maximum Gasteiger partial charge on any atom is 0.314 e. The fourth-order valence-electron chi connectivity index (χ4n) is 3.85. The summed E-state index contributed by atoms with van der Waals surface area (Å²) in [4.78, 5) is 35.1. The summed E-state index contributed by atoms with van der Waals surface area (Å²) in [6.07, 6.45) is 0. The lowest BCUT2D eigenvalue weighted by molar-refractivity contribution is -0.133. The molecule has 2 heterocycles. The summed E-state index contributed by atoms with van der Waals surface area (Å²) in [5, 5.41) is 5.41. The van der Waals surface area contributed by atoms with Crippen LogP contribution in [0.3, 0.4) is 0 Å². The van der Waals surface area contributed by atoms with E-state index in [2.05, 4.69) is 52.2 Å². The maximum absolute atomic E-state index is 12.9. The van der Waals surface area contributed by atoms with E-state index in [-0.39, 0.29) is 22.9 Å². The van der Waals surface area contributed by atoms with E-state index in [0.717, 1.165) is 0 Å². The first-order chi connectivity index (χ1) is 16.9. The average Bonchev–Trinajstić information content (AvgIpc) is 3.50. The van der Waals surface area contributed by atoms with Crippen LogP contribution in [0.25, 0.3) is 0 Å². The van der Waals surface area contributed by atoms with Crippen LogP contribution in [0, 0.1) is 10.8 Å². The maximum atomic E-state index is 12.9. The van der Waals surface area contributed by atoms with Gasteiger partial charge in [-0.1, -0.05) is 65.8 Å². The van der Waals surface area contributed by atoms with E-state index < -0.39 is 11.8 Å². The molecule has 2 N–H and O–H groups in total. The van der Waals surface area contributed by atoms with Gasteiger partial charge in [-0.3, -0.25) is 9.59 Å². The van der Waals surface area contributed by atoms with Gasteiger partial charge in [-0.25, -0.2) is 9.98 Å². The van der Waals surface area contributed by atoms with E-state index in [1.807, 2.05) is 24.3 Å². The molecule has 0 aliphatic carbocycles. The fourth-order valence-corrected chi connectivity index (χ4v) is 3.85. The van der Waals surface area contributed by atoms with Crippen molar-refractivity contribution in [3.63, 3.8) is 0 Å². The number of amides is 2. The molecule has 0 radical (unpaired) electrons. The minimum absolute atomic E-state index is 0.00894. The number of ether oxygens (including phenoxy) is 2. The number of rotatable bonds is 4. The second-order valence-electron chi connectivity index (χ2n) is 11.3. The SMILES string of the molecule is CC(C)(C)[C@H]1COC(c2ccccc2NC(=O)C(=O)Nc2ccccc2C2=N[C@@H](C(C)(C)C)CO2)=N1. The highest BCUT2D eigenvalue weighted by molar-refractivity contribution is 6.44. The first-order valence-electron chi connectivity index (χ1n) is 12.2. The molecule has 0 bridgehead atoms. The standard InChI is InChI=1S/C28H34N4O4/c1-27(2,3)21-15-35-25(31-21)17-11-7-9-13-19(17)29-23(33)24(34)30-20-14-10-8-12-18(20)26-32-22(16-36-26)28(4,5)6/h7-14,21-22H,15-16H2,1-6H3,(H,29,33)(H,30,34)/t21-,22-/m1/s1. The van der Waals surface area contributed by atoms with Crippen molar-refractivity contribution < 1.29 is 19.1 Å². The molecule has 8 heteroatoms. The average molecular weight is 491 g/mol. The molecule has 2 atom stereocenters. The first kappa shape index (κ1) is 25.4. The number of nitrogens with zero attached hydrogens (tertiary/aromatic N) is 2. The quantitative estimate of drug-likeness (QED) is 0.609. The highest BCUT2D eigenvalue weighted by atomic mass is 16.5. The third-order valence-corrected chi connectivity index (χ3v) is 6.32. The van der Waals surface area contributed by atoms with E-state index in [9.17, 15) is 9.59 Å². The summed E-state index contributed by atoms with van der Waals surface area (Å²) in [5.41, 5.74) is 2.08. The highest BCUT2D eigenvalue weighted by Crippen LogP contribution is 2.30. The monoisotopic (exact) mass is 490 g/mol. The van der Waals surface area contributed by atoms with Crippen LogP contribution in [0.15, 0.2) is 58.5 Å². The molecule has 2 aromatic carbocycles. The summed E-state index contributed by atoms with van der Waals surface area (Å²) in [7, 11) is 0. The van der Waals surface area contributed by atoms with Gasteiger partial charge in [-0.15, -0.1) is 0 Å². The van der Waals surface area contributed by atoms with Gasteiger partial charge in [0, 0.05) is 0 Å². The number of para-hydroxylation sites is 2. The van der Waals surface area contributed by atoms with Crippen molar-refractivity contribution in [3.8, 4) is 0 Å². The molecule has 0 saturated carbocycles. The van der Waals surface area contributed by atoms with Crippen LogP contribution in [0.5, 0.6) is 0 Å². The van der Waals surface area contributed by atoms with Crippen molar-refractivity contribution in [1.29, 1.82) is 0 Å². The van der Waals surface area contributed by atoms with Crippen LogP contribution in [0.2, 0.25) is 0 Å². The predicted molar refractivity (Wildman–Crippen MR) is 142 cm³/mol. The van der Waals surface area contributed by atoms with E-state index in [1.165, 1.54) is 0 Å². The second-order valence-corrected chi connectivity index (χ2v) is 11.3. The molecular formula is C28H34N4O4. The van der Waals surface area contributed by atoms with E-state index in [4.69, 9.17) is 19.5 Å². The Hall–Kier alpha value is -3.68. The van der Waals surface area contributed by atoms with Gasteiger partial charge >= 0.3 is 11.8 Å². The van der Waals surface area contributed by atoms with Crippen LogP contribution in [0.4, 0.5) is 11.4 Å². The molecule has 4 rings (SSSR count). The van der Waals surface area contributed by atoms with Crippen molar-refractivity contribution in [3.05, 3.63) is 59.7 Å². The Bertz CT molecular complexity index is 1130. The van der Waals surface area contributed by atoms with Gasteiger partial charge in [0.25, 0.3) is 0 Å². The Labute approximate surface area is 212 Å². The summed E-state index contributed by atoms with van der Waals surface area (Å²) >= 11 is 0. The lowest BCUT2D eigenvalue weighted by Gasteiger charge is -2.21. The van der Waals surface area contributed by atoms with Crippen molar-refractivity contribution in [2.75, 3.05) is 23.8 Å². The fraction of sp³-hybridized carbons (Fsp3) is 0.429. The smallest absolute Gasteiger partial charge is 0.314 e. The normalized spacial score (nSPS) is 19.6. The van der Waals surface area contributed by atoms with Gasteiger partial charge in [0.1, 0.15) is 13.2 Å². The molecule has 0 spiro atoms. The number of carbonyl (C=O) groups excluding carboxylic acids is 2. The van der Waals surface area contributed by atoms with Gasteiger partial charge in [0.15, 0.2) is 0 Å². The Morgan fingerprint density at radius 2 is 1.06 bits per heavy atom. The van der Waals surface area contributed by atoms with Crippen LogP contribution in [0.1, 0.15) is 52.7 Å². The Morgan fingerprint density at radius 3 is 1.39 bits per heavy atom. The number of hydrogen-bond donors (Lipinski definition) is 2. The van der Waals surface area contributed by atoms with E-state index >= 15 is 0 Å². The largest absolute Gasteiger partial charge is 0.475 e. The zero-order valence-corrected chi connectivity index (χ0v) is 21.7. The van der Waals surface area contributed by atoms with Crippen molar-refractivity contribution in [1.82, 2.24) is 0 Å². The molecule has 0 fully saturated rings. The Balaban J connectivity index is 1.50. The zero-order chi connectivity index (χ0) is 26.1. The van der Waals surface area contributed by atoms with Crippen LogP contribution in [-0.4, -0.2) is 48.9 Å². The third-order valence-electron chi connectivity index (χ3n) is 6.32. The minimum atomic E-state index is -0.801. The van der Waals surface area contributed by atoms with Crippen LogP contribution in [-0.2, 0) is 19.1 Å². The van der Waals surface area contributed by atoms with Gasteiger partial charge in [0.05, 0.1) is 34.6 Å². The Morgan fingerprint density at radius 1 is 0.694 bits per heavy atom. The summed E-state index contributed by atoms with van der Waals surface area (Å²) in [5.74, 6) is -0.683. The van der Waals surface area contributed by atoms with Crippen molar-refractivity contribution in [2.45, 2.75) is 53.6 Å². The molecular weight excluding hydrogens is 456 g/mol. The zero-order valence-electron chi connectivity index (χ0n) is 21.7. The molecule has 0 unspecified atom stereocenters. The molecule has 0 saturated heterocycles. The van der Waals surface area contributed by atoms with Gasteiger partial charge in [-0.05, 0) is 35.1 Å². The number of anilines is 2. The predicted octanol–water partition coefficient (Wildman–Crippen LogP) is 4.65. The topological polar surface area (TPSA) is 101 Å². The van der Waals surface area contributed by atoms with Gasteiger partial charge in [-0.2, -0.15) is 0 Å². The number of hydrogen-bond acceptors (Lipinski definition) is 6. The lowest BCUT2D eigenvalue weighted by Crippen LogP contribution is -2.30. The van der Waals surface area contributed by atoms with Crippen molar-refractivity contribution >= 4 is 35.0 Å². The number of carbonyl (C=O) groups is 2. The molecule has 2 aromatic rings. The number of nitrogens with one attached hydrogen (secondary N) is 2. The van der Waals surface area contributed by atoms with Crippen LogP contribution < -0.4 is 10.6 Å². The minimum Gasteiger partial charge on any atom is -0.475 e. The number of aliphatic imine (C=N–C) groups is 2. The molecule has 2 aliphatic heterocycles. The third kappa shape index (κ3) is 5.58. The summed E-state index contributed by atoms with van der Waals surface area (Å²) < 4.78 is 11.7. The van der Waals surface area contributed by atoms with Gasteiger partial charge in [0.2, 0.25) is 11.8 Å². The molecule has 0 aromatic heterocycles. The molecule has 8 nitrogen and oxygen atoms in total. The summed E-state index contributed by atoms with van der Waals surface area (Å²) in [6, 6.07) is 14.3. The molecule has 2 amide bonds. The Kier molecular flexibility index (Phi) is 6.89. The number of benzene rings is 2. The second kappa shape index (κ2) is 9.76.